The molecule has 0 saturated heterocycles. The highest BCUT2D eigenvalue weighted by Crippen LogP contribution is 2.10. The van der Waals surface area contributed by atoms with Crippen LogP contribution in [0.15, 0.2) is 12.2 Å². The molecule has 0 aliphatic carbocycles. The van der Waals surface area contributed by atoms with Gasteiger partial charge in [0.05, 0.1) is 6.10 Å². The van der Waals surface area contributed by atoms with Crippen molar-refractivity contribution in [1.82, 2.24) is 0 Å². The molecule has 0 aliphatic heterocycles. The molecule has 0 heterocycles. The number of allylic oxidation sites excluding steroid dienone is 1. The molecule has 0 amide bonds. The lowest BCUT2D eigenvalue weighted by Gasteiger charge is -2.07. The number of unbranched alkanes of at least 4 members (excludes halogenated alkanes) is 9. The molecule has 0 fully saturated rings. The van der Waals surface area contributed by atoms with Crippen molar-refractivity contribution in [2.24, 2.45) is 0 Å². The van der Waals surface area contributed by atoms with Crippen LogP contribution >= 0.6 is 0 Å². The molecular formula is C18H33O2. The highest BCUT2D eigenvalue weighted by atomic mass is 16.3. The van der Waals surface area contributed by atoms with Crippen LogP contribution in [0.3, 0.4) is 0 Å². The van der Waals surface area contributed by atoms with Crippen LogP contribution in [0, 0.1) is 0 Å². The van der Waals surface area contributed by atoms with E-state index in [1.54, 1.807) is 0 Å². The van der Waals surface area contributed by atoms with Gasteiger partial charge in [-0.3, -0.25) is 4.79 Å². The summed E-state index contributed by atoms with van der Waals surface area (Å²) in [6.07, 6.45) is 20.3. The first-order valence-electron chi connectivity index (χ1n) is 8.49. The van der Waals surface area contributed by atoms with Gasteiger partial charge < -0.3 is 5.11 Å². The van der Waals surface area contributed by atoms with Crippen molar-refractivity contribution in [3.8, 4) is 0 Å². The van der Waals surface area contributed by atoms with Gasteiger partial charge in [0, 0.05) is 6.42 Å². The Balaban J connectivity index is 3.23. The Morgan fingerprint density at radius 1 is 0.950 bits per heavy atom. The molecule has 0 aromatic heterocycles. The van der Waals surface area contributed by atoms with Crippen LogP contribution in [0.5, 0.6) is 0 Å². The van der Waals surface area contributed by atoms with Crippen molar-refractivity contribution in [3.63, 3.8) is 0 Å². The van der Waals surface area contributed by atoms with E-state index in [2.05, 4.69) is 19.1 Å². The molecule has 0 saturated carbocycles. The molecule has 0 aromatic carbocycles. The number of aliphatic hydroxyl groups excluding tert-OH is 1. The van der Waals surface area contributed by atoms with E-state index in [4.69, 9.17) is 0 Å². The molecule has 0 bridgehead atoms. The third-order valence-electron chi connectivity index (χ3n) is 3.62. The molecule has 1 radical (unpaired) electrons. The van der Waals surface area contributed by atoms with Crippen LogP contribution in [0.4, 0.5) is 0 Å². The van der Waals surface area contributed by atoms with Crippen molar-refractivity contribution < 1.29 is 9.90 Å². The Morgan fingerprint density at radius 2 is 1.65 bits per heavy atom. The van der Waals surface area contributed by atoms with Crippen molar-refractivity contribution in [2.75, 3.05) is 0 Å². The van der Waals surface area contributed by atoms with E-state index in [0.29, 0.717) is 6.42 Å². The Labute approximate surface area is 125 Å². The van der Waals surface area contributed by atoms with Crippen LogP contribution in [0.25, 0.3) is 0 Å². The first-order valence-corrected chi connectivity index (χ1v) is 8.49. The second-order valence-electron chi connectivity index (χ2n) is 5.66. The predicted octanol–water partition coefficient (Wildman–Crippen LogP) is 5.10. The average Bonchev–Trinajstić information content (AvgIpc) is 2.45. The van der Waals surface area contributed by atoms with Gasteiger partial charge in [-0.1, -0.05) is 64.0 Å². The third-order valence-corrected chi connectivity index (χ3v) is 3.62. The molecule has 0 rings (SSSR count). The largest absolute Gasteiger partial charge is 0.393 e. The summed E-state index contributed by atoms with van der Waals surface area (Å²) in [6, 6.07) is 0. The van der Waals surface area contributed by atoms with E-state index >= 15 is 0 Å². The highest BCUT2D eigenvalue weighted by molar-refractivity contribution is 5.50. The van der Waals surface area contributed by atoms with Crippen LogP contribution in [-0.4, -0.2) is 17.5 Å². The maximum Gasteiger partial charge on any atom is 0.198 e. The van der Waals surface area contributed by atoms with Crippen LogP contribution in [0.1, 0.15) is 90.4 Å². The van der Waals surface area contributed by atoms with Gasteiger partial charge in [0.25, 0.3) is 0 Å². The molecule has 117 valence electrons. The predicted molar refractivity (Wildman–Crippen MR) is 86.5 cm³/mol. The van der Waals surface area contributed by atoms with Crippen molar-refractivity contribution >= 4 is 6.29 Å². The standard InChI is InChI=1S/C18H33O2/c1-2-3-4-12-15-18(20)16-13-10-8-6-5-7-9-11-14-17-19/h10,13,18,20H,2-9,11-12,14-16H2,1H3/b13-10-/t18-/m1/s1. The fourth-order valence-electron chi connectivity index (χ4n) is 2.29. The van der Waals surface area contributed by atoms with Gasteiger partial charge >= 0.3 is 0 Å². The number of aliphatic hydroxyl groups is 1. The lowest BCUT2D eigenvalue weighted by atomic mass is 10.1. The number of rotatable bonds is 15. The van der Waals surface area contributed by atoms with Crippen molar-refractivity contribution in [3.05, 3.63) is 12.2 Å². The molecule has 20 heavy (non-hydrogen) atoms. The molecule has 0 aromatic rings. The van der Waals surface area contributed by atoms with Crippen LogP contribution in [0.2, 0.25) is 0 Å². The lowest BCUT2D eigenvalue weighted by molar-refractivity contribution is 0.163. The zero-order valence-corrected chi connectivity index (χ0v) is 13.3. The minimum atomic E-state index is -0.150. The van der Waals surface area contributed by atoms with Crippen molar-refractivity contribution in [2.45, 2.75) is 96.5 Å². The molecule has 0 unspecified atom stereocenters. The summed E-state index contributed by atoms with van der Waals surface area (Å²) < 4.78 is 0. The maximum absolute atomic E-state index is 10.0. The SMILES string of the molecule is CCCCCC[C@@H](O)C/C=C\CCCCCCC[C]=O. The molecule has 0 aliphatic rings. The van der Waals surface area contributed by atoms with E-state index < -0.39 is 0 Å². The van der Waals surface area contributed by atoms with Gasteiger partial charge in [-0.2, -0.15) is 0 Å². The van der Waals surface area contributed by atoms with Gasteiger partial charge in [0.2, 0.25) is 0 Å². The zero-order chi connectivity index (χ0) is 14.9. The van der Waals surface area contributed by atoms with E-state index in [1.165, 1.54) is 38.5 Å². The fourth-order valence-corrected chi connectivity index (χ4v) is 2.29. The molecule has 1 N–H and O–H groups in total. The minimum Gasteiger partial charge on any atom is -0.393 e. The van der Waals surface area contributed by atoms with Gasteiger partial charge in [0.1, 0.15) is 0 Å². The number of hydrogen-bond acceptors (Lipinski definition) is 2. The summed E-state index contributed by atoms with van der Waals surface area (Å²) in [5, 5.41) is 9.79. The average molecular weight is 281 g/mol. The summed E-state index contributed by atoms with van der Waals surface area (Å²) in [5.74, 6) is 0. The van der Waals surface area contributed by atoms with Gasteiger partial charge in [-0.05, 0) is 32.1 Å². The van der Waals surface area contributed by atoms with Gasteiger partial charge in [0.15, 0.2) is 6.29 Å². The Kier molecular flexibility index (Phi) is 15.9. The quantitative estimate of drug-likeness (QED) is 0.335. The Morgan fingerprint density at radius 3 is 2.40 bits per heavy atom. The second kappa shape index (κ2) is 16.4. The molecular weight excluding hydrogens is 248 g/mol. The monoisotopic (exact) mass is 281 g/mol. The fraction of sp³-hybridized carbons (Fsp3) is 0.833. The van der Waals surface area contributed by atoms with Gasteiger partial charge in [-0.25, -0.2) is 0 Å². The Bertz CT molecular complexity index is 223. The minimum absolute atomic E-state index is 0.150. The zero-order valence-electron chi connectivity index (χ0n) is 13.3. The summed E-state index contributed by atoms with van der Waals surface area (Å²) in [7, 11) is 0. The Hall–Kier alpha value is -0.630. The summed E-state index contributed by atoms with van der Waals surface area (Å²) in [6.45, 7) is 2.21. The summed E-state index contributed by atoms with van der Waals surface area (Å²) in [5.41, 5.74) is 0. The topological polar surface area (TPSA) is 37.3 Å². The van der Waals surface area contributed by atoms with E-state index in [9.17, 15) is 9.90 Å². The van der Waals surface area contributed by atoms with Crippen LogP contribution in [-0.2, 0) is 4.79 Å². The third kappa shape index (κ3) is 15.4. The van der Waals surface area contributed by atoms with E-state index in [1.807, 2.05) is 6.29 Å². The number of hydrogen-bond donors (Lipinski definition) is 1. The molecule has 2 heteroatoms. The normalized spacial score (nSPS) is 12.9. The first-order chi connectivity index (χ1) is 9.81. The summed E-state index contributed by atoms with van der Waals surface area (Å²) >= 11 is 0. The smallest absolute Gasteiger partial charge is 0.198 e. The second-order valence-corrected chi connectivity index (χ2v) is 5.66. The molecule has 1 atom stereocenters. The number of carbonyl (C=O) groups excluding carboxylic acids is 1. The molecule has 2 nitrogen and oxygen atoms in total. The maximum atomic E-state index is 10.0. The van der Waals surface area contributed by atoms with E-state index in [-0.39, 0.29) is 6.10 Å². The highest BCUT2D eigenvalue weighted by Gasteiger charge is 2.00. The van der Waals surface area contributed by atoms with Gasteiger partial charge in [-0.15, -0.1) is 0 Å². The first kappa shape index (κ1) is 19.4. The van der Waals surface area contributed by atoms with E-state index in [0.717, 1.165) is 38.5 Å². The lowest BCUT2D eigenvalue weighted by Crippen LogP contribution is -2.04. The van der Waals surface area contributed by atoms with Crippen molar-refractivity contribution in [1.29, 1.82) is 0 Å². The summed E-state index contributed by atoms with van der Waals surface area (Å²) in [4.78, 5) is 10.0. The molecule has 0 spiro atoms. The van der Waals surface area contributed by atoms with Crippen LogP contribution < -0.4 is 0 Å².